The van der Waals surface area contributed by atoms with Gasteiger partial charge in [0.25, 0.3) is 0 Å². The third-order valence-corrected chi connectivity index (χ3v) is 6.20. The van der Waals surface area contributed by atoms with Crippen LogP contribution in [-0.2, 0) is 11.3 Å². The maximum absolute atomic E-state index is 14.1. The first-order valence-corrected chi connectivity index (χ1v) is 11.7. The minimum Gasteiger partial charge on any atom is -0.493 e. The van der Waals surface area contributed by atoms with Gasteiger partial charge < -0.3 is 30.3 Å². The fraction of sp³-hybridized carbons (Fsp3) is 0.333. The lowest BCUT2D eigenvalue weighted by molar-refractivity contribution is -0.118. The summed E-state index contributed by atoms with van der Waals surface area (Å²) in [6, 6.07) is 8.81. The summed E-state index contributed by atoms with van der Waals surface area (Å²) in [5, 5.41) is 25.8. The second-order valence-electron chi connectivity index (χ2n) is 7.68. The van der Waals surface area contributed by atoms with Crippen LogP contribution in [0.4, 0.5) is 4.39 Å². The smallest absolute Gasteiger partial charge is 0.247 e. The molecule has 0 aliphatic heterocycles. The molecule has 0 radical (unpaired) electrons. The highest BCUT2D eigenvalue weighted by Crippen LogP contribution is 2.36. The first-order chi connectivity index (χ1) is 16.4. The molecule has 1 amide bonds. The van der Waals surface area contributed by atoms with Crippen molar-refractivity contribution in [3.8, 4) is 11.5 Å². The summed E-state index contributed by atoms with van der Waals surface area (Å²) in [6.07, 6.45) is 0.377. The number of methoxy groups -OCH3 is 1. The lowest BCUT2D eigenvalue weighted by Crippen LogP contribution is -2.51. The van der Waals surface area contributed by atoms with Crippen molar-refractivity contribution in [2.24, 2.45) is 0 Å². The SMILES string of the molecule is COc1cc(C=O)cc(I)c1O[C@H]1C=C(C(=O)NCCO)C[C@@H](NCc2ccccc2F)[C@@H]1O. The second kappa shape index (κ2) is 12.2. The number of benzene rings is 2. The number of ether oxygens (including phenoxy) is 2. The molecule has 0 saturated heterocycles. The minimum atomic E-state index is -1.08. The Hall–Kier alpha value is -2.54. The molecule has 0 bridgehead atoms. The van der Waals surface area contributed by atoms with E-state index in [9.17, 15) is 19.1 Å². The van der Waals surface area contributed by atoms with E-state index in [0.717, 1.165) is 0 Å². The number of carbonyl (C=O) groups is 2. The molecular formula is C24H26FIN2O6. The summed E-state index contributed by atoms with van der Waals surface area (Å²) in [5.74, 6) is -0.148. The predicted molar refractivity (Wildman–Crippen MR) is 131 cm³/mol. The molecule has 1 aliphatic carbocycles. The van der Waals surface area contributed by atoms with Gasteiger partial charge in [-0.15, -0.1) is 0 Å². The van der Waals surface area contributed by atoms with Gasteiger partial charge in [-0.2, -0.15) is 0 Å². The van der Waals surface area contributed by atoms with Gasteiger partial charge in [-0.25, -0.2) is 4.39 Å². The van der Waals surface area contributed by atoms with Gasteiger partial charge in [0.15, 0.2) is 11.5 Å². The Balaban J connectivity index is 1.88. The molecule has 8 nitrogen and oxygen atoms in total. The highest BCUT2D eigenvalue weighted by molar-refractivity contribution is 14.1. The van der Waals surface area contributed by atoms with Crippen molar-refractivity contribution in [3.05, 3.63) is 68.6 Å². The molecule has 2 aromatic rings. The molecule has 0 aromatic heterocycles. The Kier molecular flexibility index (Phi) is 9.39. The molecular weight excluding hydrogens is 558 g/mol. The van der Waals surface area contributed by atoms with E-state index in [0.29, 0.717) is 38.1 Å². The molecule has 0 saturated carbocycles. The van der Waals surface area contributed by atoms with Crippen LogP contribution in [0.5, 0.6) is 11.5 Å². The number of aldehydes is 1. The highest BCUT2D eigenvalue weighted by Gasteiger charge is 2.36. The van der Waals surface area contributed by atoms with Gasteiger partial charge in [0.1, 0.15) is 24.3 Å². The number of halogens is 2. The summed E-state index contributed by atoms with van der Waals surface area (Å²) in [5.41, 5.74) is 1.18. The lowest BCUT2D eigenvalue weighted by atomic mass is 9.89. The van der Waals surface area contributed by atoms with E-state index < -0.39 is 24.2 Å². The highest BCUT2D eigenvalue weighted by atomic mass is 127. The van der Waals surface area contributed by atoms with Crippen LogP contribution in [0.25, 0.3) is 0 Å². The third-order valence-electron chi connectivity index (χ3n) is 5.40. The van der Waals surface area contributed by atoms with E-state index in [1.54, 1.807) is 24.3 Å². The molecule has 4 N–H and O–H groups in total. The van der Waals surface area contributed by atoms with Gasteiger partial charge in [0.2, 0.25) is 5.91 Å². The maximum atomic E-state index is 14.1. The van der Waals surface area contributed by atoms with Gasteiger partial charge in [-0.05, 0) is 53.3 Å². The monoisotopic (exact) mass is 584 g/mol. The van der Waals surface area contributed by atoms with E-state index in [1.807, 2.05) is 22.6 Å². The van der Waals surface area contributed by atoms with Gasteiger partial charge >= 0.3 is 0 Å². The number of amides is 1. The zero-order valence-electron chi connectivity index (χ0n) is 18.5. The summed E-state index contributed by atoms with van der Waals surface area (Å²) in [4.78, 5) is 23.8. The van der Waals surface area contributed by atoms with Crippen molar-refractivity contribution in [2.75, 3.05) is 20.3 Å². The van der Waals surface area contributed by atoms with Gasteiger partial charge in [0.05, 0.1) is 17.3 Å². The van der Waals surface area contributed by atoms with Gasteiger partial charge in [-0.3, -0.25) is 9.59 Å². The zero-order valence-corrected chi connectivity index (χ0v) is 20.6. The summed E-state index contributed by atoms with van der Waals surface area (Å²) in [6.45, 7) is 0.00695. The van der Waals surface area contributed by atoms with Crippen LogP contribution in [0.2, 0.25) is 0 Å². The first kappa shape index (κ1) is 26.1. The molecule has 10 heteroatoms. The van der Waals surface area contributed by atoms with Crippen LogP contribution in [0.3, 0.4) is 0 Å². The van der Waals surface area contributed by atoms with Crippen molar-refractivity contribution in [2.45, 2.75) is 31.2 Å². The van der Waals surface area contributed by atoms with Crippen LogP contribution >= 0.6 is 22.6 Å². The Labute approximate surface area is 210 Å². The van der Waals surface area contributed by atoms with Crippen LogP contribution in [0, 0.1) is 9.39 Å². The second-order valence-corrected chi connectivity index (χ2v) is 8.84. The van der Waals surface area contributed by atoms with Crippen LogP contribution in [0.1, 0.15) is 22.3 Å². The van der Waals surface area contributed by atoms with Crippen molar-refractivity contribution >= 4 is 34.8 Å². The molecule has 0 spiro atoms. The molecule has 182 valence electrons. The van der Waals surface area contributed by atoms with Crippen LogP contribution in [-0.4, -0.2) is 60.9 Å². The van der Waals surface area contributed by atoms with Gasteiger partial charge in [-0.1, -0.05) is 18.2 Å². The van der Waals surface area contributed by atoms with Crippen molar-refractivity contribution in [3.63, 3.8) is 0 Å². The van der Waals surface area contributed by atoms with E-state index in [2.05, 4.69) is 10.6 Å². The van der Waals surface area contributed by atoms with Crippen molar-refractivity contribution in [1.82, 2.24) is 10.6 Å². The van der Waals surface area contributed by atoms with E-state index >= 15 is 0 Å². The molecule has 0 heterocycles. The Morgan fingerprint density at radius 2 is 2.09 bits per heavy atom. The number of aliphatic hydroxyl groups is 2. The molecule has 0 fully saturated rings. The Morgan fingerprint density at radius 1 is 1.32 bits per heavy atom. The average molecular weight is 584 g/mol. The number of aliphatic hydroxyl groups excluding tert-OH is 2. The largest absolute Gasteiger partial charge is 0.493 e. The maximum Gasteiger partial charge on any atom is 0.247 e. The number of carbonyl (C=O) groups excluding carboxylic acids is 2. The molecule has 0 unspecified atom stereocenters. The predicted octanol–water partition coefficient (Wildman–Crippen LogP) is 1.96. The Bertz CT molecular complexity index is 1060. The fourth-order valence-electron chi connectivity index (χ4n) is 3.64. The summed E-state index contributed by atoms with van der Waals surface area (Å²) < 4.78 is 26.1. The summed E-state index contributed by atoms with van der Waals surface area (Å²) >= 11 is 2.00. The van der Waals surface area contributed by atoms with Gasteiger partial charge in [0, 0.05) is 35.8 Å². The van der Waals surface area contributed by atoms with E-state index in [4.69, 9.17) is 14.6 Å². The molecule has 1 aliphatic rings. The number of rotatable bonds is 10. The van der Waals surface area contributed by atoms with E-state index in [-0.39, 0.29) is 31.9 Å². The lowest BCUT2D eigenvalue weighted by Gasteiger charge is -2.34. The van der Waals surface area contributed by atoms with Crippen molar-refractivity contribution in [1.29, 1.82) is 0 Å². The minimum absolute atomic E-state index is 0.0798. The number of hydrogen-bond donors (Lipinski definition) is 4. The number of hydrogen-bond acceptors (Lipinski definition) is 7. The van der Waals surface area contributed by atoms with Crippen LogP contribution < -0.4 is 20.1 Å². The average Bonchev–Trinajstić information content (AvgIpc) is 2.84. The zero-order chi connectivity index (χ0) is 24.7. The topological polar surface area (TPSA) is 117 Å². The third kappa shape index (κ3) is 6.32. The van der Waals surface area contributed by atoms with Crippen LogP contribution in [0.15, 0.2) is 48.0 Å². The fourth-order valence-corrected chi connectivity index (χ4v) is 4.39. The standard InChI is InChI=1S/C24H26FIN2O6/c1-33-21-9-14(13-30)8-18(26)23(21)34-20-11-16(24(32)27-6-7-29)10-19(22(20)31)28-12-15-4-2-3-5-17(15)25/h2-5,8-9,11,13,19-20,22,28-29,31H,6-7,10,12H2,1H3,(H,27,32)/t19-,20+,22+/m1/s1. The first-order valence-electron chi connectivity index (χ1n) is 10.6. The Morgan fingerprint density at radius 3 is 2.76 bits per heavy atom. The quantitative estimate of drug-likeness (QED) is 0.249. The number of nitrogens with one attached hydrogen (secondary N) is 2. The molecule has 3 atom stereocenters. The normalized spacial score (nSPS) is 19.8. The summed E-state index contributed by atoms with van der Waals surface area (Å²) in [7, 11) is 1.44. The van der Waals surface area contributed by atoms with Crippen molar-refractivity contribution < 1.29 is 33.7 Å². The molecule has 3 rings (SSSR count). The molecule has 2 aromatic carbocycles. The van der Waals surface area contributed by atoms with E-state index in [1.165, 1.54) is 25.3 Å². The molecule has 34 heavy (non-hydrogen) atoms.